The van der Waals surface area contributed by atoms with E-state index in [4.69, 9.17) is 4.74 Å². The van der Waals surface area contributed by atoms with Gasteiger partial charge >= 0.3 is 0 Å². The molecule has 0 aromatic heterocycles. The fourth-order valence-electron chi connectivity index (χ4n) is 2.85. The van der Waals surface area contributed by atoms with Crippen molar-refractivity contribution in [1.29, 1.82) is 0 Å². The van der Waals surface area contributed by atoms with E-state index in [1.807, 2.05) is 6.07 Å². The SMILES string of the molecule is CCNCC1(Cc2cc(F)ccc2C)CCOCC1. The van der Waals surface area contributed by atoms with E-state index in [0.29, 0.717) is 0 Å². The second-order valence-electron chi connectivity index (χ2n) is 5.64. The fourth-order valence-corrected chi connectivity index (χ4v) is 2.85. The average molecular weight is 265 g/mol. The van der Waals surface area contributed by atoms with Crippen LogP contribution in [-0.4, -0.2) is 26.3 Å². The van der Waals surface area contributed by atoms with E-state index in [-0.39, 0.29) is 11.2 Å². The van der Waals surface area contributed by atoms with Crippen molar-refractivity contribution in [2.75, 3.05) is 26.3 Å². The topological polar surface area (TPSA) is 21.3 Å². The molecular weight excluding hydrogens is 241 g/mol. The third-order valence-electron chi connectivity index (χ3n) is 4.18. The molecule has 0 saturated carbocycles. The minimum absolute atomic E-state index is 0.133. The molecule has 3 heteroatoms. The van der Waals surface area contributed by atoms with E-state index in [1.54, 1.807) is 12.1 Å². The van der Waals surface area contributed by atoms with Crippen molar-refractivity contribution < 1.29 is 9.13 Å². The van der Waals surface area contributed by atoms with Gasteiger partial charge in [0.05, 0.1) is 0 Å². The van der Waals surface area contributed by atoms with Crippen molar-refractivity contribution in [2.24, 2.45) is 5.41 Å². The van der Waals surface area contributed by atoms with Crippen LogP contribution >= 0.6 is 0 Å². The highest BCUT2D eigenvalue weighted by Gasteiger charge is 2.32. The second-order valence-corrected chi connectivity index (χ2v) is 5.64. The Kier molecular flexibility index (Phi) is 4.94. The van der Waals surface area contributed by atoms with Crippen LogP contribution < -0.4 is 5.32 Å². The Labute approximate surface area is 115 Å². The molecule has 0 spiro atoms. The van der Waals surface area contributed by atoms with Gasteiger partial charge in [0.15, 0.2) is 0 Å². The molecule has 2 rings (SSSR count). The van der Waals surface area contributed by atoms with Crippen molar-refractivity contribution in [1.82, 2.24) is 5.32 Å². The molecule has 1 aromatic rings. The number of nitrogens with one attached hydrogen (secondary N) is 1. The Morgan fingerprint density at radius 3 is 2.74 bits per heavy atom. The van der Waals surface area contributed by atoms with Crippen LogP contribution in [0.25, 0.3) is 0 Å². The highest BCUT2D eigenvalue weighted by atomic mass is 19.1. The predicted octanol–water partition coefficient (Wildman–Crippen LogP) is 3.08. The number of rotatable bonds is 5. The summed E-state index contributed by atoms with van der Waals surface area (Å²) in [6.07, 6.45) is 3.04. The van der Waals surface area contributed by atoms with Crippen molar-refractivity contribution in [2.45, 2.75) is 33.1 Å². The van der Waals surface area contributed by atoms with Gasteiger partial charge in [-0.15, -0.1) is 0 Å². The Bertz CT molecular complexity index is 413. The van der Waals surface area contributed by atoms with Gasteiger partial charge in [-0.2, -0.15) is 0 Å². The summed E-state index contributed by atoms with van der Waals surface area (Å²) >= 11 is 0. The summed E-state index contributed by atoms with van der Waals surface area (Å²) in [5.41, 5.74) is 2.54. The molecule has 106 valence electrons. The Balaban J connectivity index is 2.16. The van der Waals surface area contributed by atoms with Crippen molar-refractivity contribution in [3.05, 3.63) is 35.1 Å². The molecule has 1 aliphatic heterocycles. The zero-order valence-corrected chi connectivity index (χ0v) is 12.0. The number of aryl methyl sites for hydroxylation is 1. The summed E-state index contributed by atoms with van der Waals surface area (Å²) in [5, 5.41) is 3.46. The molecule has 1 N–H and O–H groups in total. The quantitative estimate of drug-likeness (QED) is 0.883. The van der Waals surface area contributed by atoms with E-state index in [1.165, 1.54) is 5.56 Å². The Morgan fingerprint density at radius 2 is 2.05 bits per heavy atom. The number of halogens is 1. The minimum Gasteiger partial charge on any atom is -0.381 e. The third kappa shape index (κ3) is 3.77. The lowest BCUT2D eigenvalue weighted by Crippen LogP contribution is -2.41. The normalized spacial score (nSPS) is 18.5. The highest BCUT2D eigenvalue weighted by Crippen LogP contribution is 2.34. The van der Waals surface area contributed by atoms with Gasteiger partial charge in [-0.25, -0.2) is 4.39 Å². The predicted molar refractivity (Wildman–Crippen MR) is 75.9 cm³/mol. The van der Waals surface area contributed by atoms with E-state index >= 15 is 0 Å². The standard InChI is InChI=1S/C16H24FNO/c1-3-18-12-16(6-8-19-9-7-16)11-14-10-15(17)5-4-13(14)2/h4-5,10,18H,3,6-9,11-12H2,1-2H3. The van der Waals surface area contributed by atoms with Gasteiger partial charge in [-0.05, 0) is 61.4 Å². The molecule has 0 radical (unpaired) electrons. The number of ether oxygens (including phenoxy) is 1. The van der Waals surface area contributed by atoms with Crippen LogP contribution in [0.1, 0.15) is 30.9 Å². The first-order chi connectivity index (χ1) is 9.15. The molecule has 1 aromatic carbocycles. The lowest BCUT2D eigenvalue weighted by molar-refractivity contribution is 0.0151. The first kappa shape index (κ1) is 14.5. The molecule has 0 amide bonds. The maximum atomic E-state index is 13.4. The summed E-state index contributed by atoms with van der Waals surface area (Å²) in [6, 6.07) is 5.11. The number of benzene rings is 1. The van der Waals surface area contributed by atoms with Gasteiger partial charge < -0.3 is 10.1 Å². The monoisotopic (exact) mass is 265 g/mol. The molecule has 1 fully saturated rings. The van der Waals surface area contributed by atoms with Gasteiger partial charge in [0, 0.05) is 19.8 Å². The molecular formula is C16H24FNO. The number of hydrogen-bond acceptors (Lipinski definition) is 2. The van der Waals surface area contributed by atoms with E-state index in [2.05, 4.69) is 19.2 Å². The van der Waals surface area contributed by atoms with Gasteiger partial charge in [0.1, 0.15) is 5.82 Å². The summed E-state index contributed by atoms with van der Waals surface area (Å²) in [6.45, 7) is 7.79. The first-order valence-corrected chi connectivity index (χ1v) is 7.19. The van der Waals surface area contributed by atoms with Gasteiger partial charge in [-0.1, -0.05) is 13.0 Å². The molecule has 2 nitrogen and oxygen atoms in total. The summed E-state index contributed by atoms with van der Waals surface area (Å²) in [5.74, 6) is -0.133. The summed E-state index contributed by atoms with van der Waals surface area (Å²) in [4.78, 5) is 0. The fraction of sp³-hybridized carbons (Fsp3) is 0.625. The molecule has 1 saturated heterocycles. The van der Waals surface area contributed by atoms with Crippen LogP contribution in [-0.2, 0) is 11.2 Å². The maximum Gasteiger partial charge on any atom is 0.123 e. The van der Waals surface area contributed by atoms with Crippen LogP contribution in [0.15, 0.2) is 18.2 Å². The highest BCUT2D eigenvalue weighted by molar-refractivity contribution is 5.28. The Hall–Kier alpha value is -0.930. The number of hydrogen-bond donors (Lipinski definition) is 1. The molecule has 0 aliphatic carbocycles. The van der Waals surface area contributed by atoms with Crippen LogP contribution in [0.4, 0.5) is 4.39 Å². The molecule has 19 heavy (non-hydrogen) atoms. The third-order valence-corrected chi connectivity index (χ3v) is 4.18. The van der Waals surface area contributed by atoms with Crippen molar-refractivity contribution in [3.8, 4) is 0 Å². The summed E-state index contributed by atoms with van der Waals surface area (Å²) in [7, 11) is 0. The Morgan fingerprint density at radius 1 is 1.32 bits per heavy atom. The van der Waals surface area contributed by atoms with Crippen LogP contribution in [0.3, 0.4) is 0 Å². The van der Waals surface area contributed by atoms with Crippen molar-refractivity contribution in [3.63, 3.8) is 0 Å². The van der Waals surface area contributed by atoms with Gasteiger partial charge in [0.2, 0.25) is 0 Å². The van der Waals surface area contributed by atoms with Crippen LogP contribution in [0.2, 0.25) is 0 Å². The van der Waals surface area contributed by atoms with Gasteiger partial charge in [0.25, 0.3) is 0 Å². The molecule has 0 unspecified atom stereocenters. The smallest absolute Gasteiger partial charge is 0.123 e. The second kappa shape index (κ2) is 6.49. The van der Waals surface area contributed by atoms with Crippen LogP contribution in [0.5, 0.6) is 0 Å². The molecule has 0 bridgehead atoms. The lowest BCUT2D eigenvalue weighted by atomic mass is 9.74. The van der Waals surface area contributed by atoms with Crippen LogP contribution in [0, 0.1) is 18.2 Å². The zero-order valence-electron chi connectivity index (χ0n) is 12.0. The minimum atomic E-state index is -0.133. The van der Waals surface area contributed by atoms with Gasteiger partial charge in [-0.3, -0.25) is 0 Å². The maximum absolute atomic E-state index is 13.4. The molecule has 0 atom stereocenters. The summed E-state index contributed by atoms with van der Waals surface area (Å²) < 4.78 is 18.9. The largest absolute Gasteiger partial charge is 0.381 e. The molecule has 1 aliphatic rings. The lowest BCUT2D eigenvalue weighted by Gasteiger charge is -2.38. The van der Waals surface area contributed by atoms with Crippen molar-refractivity contribution >= 4 is 0 Å². The van der Waals surface area contributed by atoms with E-state index in [9.17, 15) is 4.39 Å². The molecule has 1 heterocycles. The zero-order chi connectivity index (χ0) is 13.7. The van der Waals surface area contributed by atoms with E-state index in [0.717, 1.165) is 51.1 Å². The average Bonchev–Trinajstić information content (AvgIpc) is 2.42. The van der Waals surface area contributed by atoms with E-state index < -0.39 is 0 Å². The first-order valence-electron chi connectivity index (χ1n) is 7.19.